The predicted octanol–water partition coefficient (Wildman–Crippen LogP) is 3.20. The number of fused-ring (bicyclic) bond motifs is 1. The predicted molar refractivity (Wildman–Crippen MR) is 75.9 cm³/mol. The van der Waals surface area contributed by atoms with Crippen LogP contribution in [0.1, 0.15) is 32.3 Å². The number of rotatable bonds is 2. The number of hydrogen-bond acceptors (Lipinski definition) is 4. The first-order valence-corrected chi connectivity index (χ1v) is 6.88. The van der Waals surface area contributed by atoms with Gasteiger partial charge in [0.15, 0.2) is 0 Å². The van der Waals surface area contributed by atoms with Crippen LogP contribution >= 0.6 is 0 Å². The standard InChI is InChI=1S/C16H17NO3/c1-3-16(2)7-6-12-14(20-16)9-13(19-15(12)18)11-5-4-8-17-10-11/h4-5,8-10H,3,6-7H2,1-2H3/t16-/m1/s1. The van der Waals surface area contributed by atoms with Crippen LogP contribution in [0.4, 0.5) is 0 Å². The molecule has 0 saturated heterocycles. The monoisotopic (exact) mass is 271 g/mol. The Bertz CT molecular complexity index is 678. The second kappa shape index (κ2) is 4.78. The molecule has 0 aromatic carbocycles. The second-order valence-electron chi connectivity index (χ2n) is 5.39. The Hall–Kier alpha value is -2.10. The highest BCUT2D eigenvalue weighted by molar-refractivity contribution is 5.58. The fraction of sp³-hybridized carbons (Fsp3) is 0.375. The summed E-state index contributed by atoms with van der Waals surface area (Å²) in [6.07, 6.45) is 5.81. The Balaban J connectivity index is 2.08. The minimum absolute atomic E-state index is 0.201. The lowest BCUT2D eigenvalue weighted by molar-refractivity contribution is 0.0594. The Morgan fingerprint density at radius 3 is 3.00 bits per heavy atom. The summed E-state index contributed by atoms with van der Waals surface area (Å²) in [6.45, 7) is 4.17. The quantitative estimate of drug-likeness (QED) is 0.841. The Morgan fingerprint density at radius 1 is 1.45 bits per heavy atom. The molecule has 0 bridgehead atoms. The van der Waals surface area contributed by atoms with Crippen molar-refractivity contribution in [2.75, 3.05) is 0 Å². The van der Waals surface area contributed by atoms with Gasteiger partial charge in [0.25, 0.3) is 0 Å². The van der Waals surface area contributed by atoms with Crippen LogP contribution in [0.5, 0.6) is 5.75 Å². The Morgan fingerprint density at radius 2 is 2.30 bits per heavy atom. The van der Waals surface area contributed by atoms with Crippen LogP contribution in [0.3, 0.4) is 0 Å². The normalized spacial score (nSPS) is 21.1. The first kappa shape index (κ1) is 12.9. The van der Waals surface area contributed by atoms with E-state index in [0.29, 0.717) is 23.5 Å². The molecule has 0 fully saturated rings. The molecule has 0 N–H and O–H groups in total. The van der Waals surface area contributed by atoms with Crippen molar-refractivity contribution >= 4 is 0 Å². The minimum Gasteiger partial charge on any atom is -0.487 e. The van der Waals surface area contributed by atoms with Crippen molar-refractivity contribution in [2.24, 2.45) is 0 Å². The maximum absolute atomic E-state index is 12.1. The lowest BCUT2D eigenvalue weighted by atomic mass is 9.91. The smallest absolute Gasteiger partial charge is 0.343 e. The first-order chi connectivity index (χ1) is 9.61. The number of aromatic nitrogens is 1. The van der Waals surface area contributed by atoms with Gasteiger partial charge in [0.1, 0.15) is 17.1 Å². The van der Waals surface area contributed by atoms with Crippen molar-refractivity contribution in [1.82, 2.24) is 4.98 Å². The van der Waals surface area contributed by atoms with Crippen LogP contribution in [0.25, 0.3) is 11.3 Å². The molecular weight excluding hydrogens is 254 g/mol. The summed E-state index contributed by atoms with van der Waals surface area (Å²) >= 11 is 0. The summed E-state index contributed by atoms with van der Waals surface area (Å²) in [5, 5.41) is 0. The van der Waals surface area contributed by atoms with Crippen molar-refractivity contribution in [3.05, 3.63) is 46.6 Å². The number of hydrogen-bond donors (Lipinski definition) is 0. The van der Waals surface area contributed by atoms with E-state index in [1.807, 2.05) is 12.1 Å². The zero-order valence-corrected chi connectivity index (χ0v) is 11.7. The molecule has 3 rings (SSSR count). The minimum atomic E-state index is -0.306. The molecule has 104 valence electrons. The molecule has 0 amide bonds. The van der Waals surface area contributed by atoms with Gasteiger partial charge in [-0.05, 0) is 38.3 Å². The van der Waals surface area contributed by atoms with Crippen molar-refractivity contribution in [1.29, 1.82) is 0 Å². The molecular formula is C16H17NO3. The third-order valence-electron chi connectivity index (χ3n) is 3.96. The summed E-state index contributed by atoms with van der Waals surface area (Å²) in [6, 6.07) is 5.48. The summed E-state index contributed by atoms with van der Waals surface area (Å²) < 4.78 is 11.4. The van der Waals surface area contributed by atoms with E-state index in [0.717, 1.165) is 18.4 Å². The molecule has 0 aliphatic carbocycles. The number of ether oxygens (including phenoxy) is 1. The van der Waals surface area contributed by atoms with E-state index in [1.165, 1.54) is 0 Å². The molecule has 0 radical (unpaired) electrons. The van der Waals surface area contributed by atoms with Crippen LogP contribution < -0.4 is 10.4 Å². The van der Waals surface area contributed by atoms with Gasteiger partial charge < -0.3 is 9.15 Å². The van der Waals surface area contributed by atoms with Gasteiger partial charge >= 0.3 is 5.63 Å². The highest BCUT2D eigenvalue weighted by Gasteiger charge is 2.32. The average molecular weight is 271 g/mol. The molecule has 1 aliphatic rings. The molecule has 20 heavy (non-hydrogen) atoms. The van der Waals surface area contributed by atoms with Crippen LogP contribution in [0.15, 0.2) is 39.8 Å². The van der Waals surface area contributed by atoms with E-state index >= 15 is 0 Å². The fourth-order valence-electron chi connectivity index (χ4n) is 2.42. The molecule has 2 aromatic rings. The largest absolute Gasteiger partial charge is 0.487 e. The highest BCUT2D eigenvalue weighted by Crippen LogP contribution is 2.35. The molecule has 2 aromatic heterocycles. The summed E-state index contributed by atoms with van der Waals surface area (Å²) in [5.41, 5.74) is 0.912. The molecule has 0 spiro atoms. The van der Waals surface area contributed by atoms with Crippen molar-refractivity contribution in [2.45, 2.75) is 38.7 Å². The molecule has 4 heteroatoms. The Labute approximate surface area is 117 Å². The topological polar surface area (TPSA) is 52.3 Å². The molecule has 1 aliphatic heterocycles. The van der Waals surface area contributed by atoms with Gasteiger partial charge in [-0.15, -0.1) is 0 Å². The van der Waals surface area contributed by atoms with Gasteiger partial charge in [0.2, 0.25) is 0 Å². The van der Waals surface area contributed by atoms with E-state index in [4.69, 9.17) is 9.15 Å². The summed E-state index contributed by atoms with van der Waals surface area (Å²) in [5.74, 6) is 1.15. The zero-order chi connectivity index (χ0) is 14.2. The van der Waals surface area contributed by atoms with E-state index in [9.17, 15) is 4.79 Å². The fourth-order valence-corrected chi connectivity index (χ4v) is 2.42. The molecule has 0 saturated carbocycles. The molecule has 1 atom stereocenters. The number of pyridine rings is 1. The van der Waals surface area contributed by atoms with Crippen molar-refractivity contribution in [3.63, 3.8) is 0 Å². The second-order valence-corrected chi connectivity index (χ2v) is 5.39. The van der Waals surface area contributed by atoms with Crippen LogP contribution in [0, 0.1) is 0 Å². The highest BCUT2D eigenvalue weighted by atomic mass is 16.5. The van der Waals surface area contributed by atoms with Gasteiger partial charge in [0.05, 0.1) is 5.56 Å². The molecule has 0 unspecified atom stereocenters. The van der Waals surface area contributed by atoms with E-state index < -0.39 is 0 Å². The summed E-state index contributed by atoms with van der Waals surface area (Å²) in [4.78, 5) is 16.1. The Kier molecular flexibility index (Phi) is 3.08. The lowest BCUT2D eigenvalue weighted by Gasteiger charge is -2.34. The SMILES string of the molecule is CC[C@]1(C)CCc2c(cc(-c3cccnc3)oc2=O)O1. The van der Waals surface area contributed by atoms with Crippen molar-refractivity contribution in [3.8, 4) is 17.1 Å². The van der Waals surface area contributed by atoms with Crippen LogP contribution in [-0.2, 0) is 6.42 Å². The van der Waals surface area contributed by atoms with Crippen molar-refractivity contribution < 1.29 is 9.15 Å². The van der Waals surface area contributed by atoms with Gasteiger partial charge in [0, 0.05) is 24.0 Å². The van der Waals surface area contributed by atoms with E-state index in [-0.39, 0.29) is 11.2 Å². The lowest BCUT2D eigenvalue weighted by Crippen LogP contribution is -2.37. The maximum atomic E-state index is 12.1. The van der Waals surface area contributed by atoms with Crippen LogP contribution in [-0.4, -0.2) is 10.6 Å². The molecule has 3 heterocycles. The van der Waals surface area contributed by atoms with Gasteiger partial charge in [-0.3, -0.25) is 4.98 Å². The van der Waals surface area contributed by atoms with E-state index in [2.05, 4.69) is 18.8 Å². The average Bonchev–Trinajstić information content (AvgIpc) is 2.47. The molecule has 4 nitrogen and oxygen atoms in total. The zero-order valence-electron chi connectivity index (χ0n) is 11.7. The summed E-state index contributed by atoms with van der Waals surface area (Å²) in [7, 11) is 0. The van der Waals surface area contributed by atoms with Gasteiger partial charge in [-0.2, -0.15) is 0 Å². The third kappa shape index (κ3) is 2.22. The number of nitrogens with zero attached hydrogens (tertiary/aromatic N) is 1. The first-order valence-electron chi connectivity index (χ1n) is 6.88. The van der Waals surface area contributed by atoms with E-state index in [1.54, 1.807) is 18.5 Å². The van der Waals surface area contributed by atoms with Crippen LogP contribution in [0.2, 0.25) is 0 Å². The van der Waals surface area contributed by atoms with Gasteiger partial charge in [-0.1, -0.05) is 6.92 Å². The third-order valence-corrected chi connectivity index (χ3v) is 3.96. The maximum Gasteiger partial charge on any atom is 0.343 e. The van der Waals surface area contributed by atoms with Gasteiger partial charge in [-0.25, -0.2) is 4.79 Å².